The Hall–Kier alpha value is -2.61. The monoisotopic (exact) mass is 414 g/mol. The van der Waals surface area contributed by atoms with Crippen LogP contribution in [0.25, 0.3) is 0 Å². The molecule has 1 aliphatic rings. The van der Waals surface area contributed by atoms with Gasteiger partial charge in [0, 0.05) is 24.5 Å². The molecule has 2 aromatic rings. The number of benzene rings is 2. The predicted molar refractivity (Wildman–Crippen MR) is 95.4 cm³/mol. The number of hydrogen-bond donors (Lipinski definition) is 1. The summed E-state index contributed by atoms with van der Waals surface area (Å²) in [4.78, 5) is 26.5. The molecule has 9 heteroatoms. The molecule has 28 heavy (non-hydrogen) atoms. The fourth-order valence-corrected chi connectivity index (χ4v) is 3.37. The summed E-state index contributed by atoms with van der Waals surface area (Å²) in [5, 5.41) is 2.51. The Labute approximate surface area is 163 Å². The average Bonchev–Trinajstić information content (AvgIpc) is 2.92. The first-order valence-corrected chi connectivity index (χ1v) is 8.64. The van der Waals surface area contributed by atoms with Gasteiger partial charge in [-0.1, -0.05) is 23.7 Å². The minimum atomic E-state index is -4.48. The number of alkyl halides is 3. The first-order valence-electron chi connectivity index (χ1n) is 8.26. The van der Waals surface area contributed by atoms with Crippen LogP contribution in [0.4, 0.5) is 23.2 Å². The summed E-state index contributed by atoms with van der Waals surface area (Å²) < 4.78 is 52.2. The molecule has 2 aromatic carbocycles. The molecule has 2 atom stereocenters. The van der Waals surface area contributed by atoms with Crippen LogP contribution in [0.15, 0.2) is 42.5 Å². The molecule has 0 aromatic heterocycles. The second-order valence-electron chi connectivity index (χ2n) is 6.54. The van der Waals surface area contributed by atoms with Crippen molar-refractivity contribution in [2.75, 3.05) is 18.9 Å². The summed E-state index contributed by atoms with van der Waals surface area (Å²) in [6.07, 6.45) is -4.48. The zero-order valence-electron chi connectivity index (χ0n) is 14.6. The third kappa shape index (κ3) is 3.96. The number of halogens is 5. The number of hydrogen-bond acceptors (Lipinski definition) is 2. The predicted octanol–water partition coefficient (Wildman–Crippen LogP) is 4.31. The van der Waals surface area contributed by atoms with Gasteiger partial charge in [-0.15, -0.1) is 0 Å². The molecule has 1 N–H and O–H groups in total. The van der Waals surface area contributed by atoms with Crippen LogP contribution in [-0.2, 0) is 15.8 Å². The molecule has 0 unspecified atom stereocenters. The normalized spacial score (nSPS) is 19.8. The maximum atomic E-state index is 13.9. The zero-order valence-corrected chi connectivity index (χ0v) is 15.3. The second-order valence-corrected chi connectivity index (χ2v) is 6.97. The minimum absolute atomic E-state index is 0.136. The molecule has 2 amide bonds. The van der Waals surface area contributed by atoms with Crippen LogP contribution >= 0.6 is 11.6 Å². The van der Waals surface area contributed by atoms with Crippen LogP contribution in [0.2, 0.25) is 5.02 Å². The minimum Gasteiger partial charge on any atom is -0.344 e. The summed E-state index contributed by atoms with van der Waals surface area (Å²) in [6.45, 7) is 0.158. The second kappa shape index (κ2) is 7.43. The highest BCUT2D eigenvalue weighted by Crippen LogP contribution is 2.36. The molecule has 1 aliphatic heterocycles. The Morgan fingerprint density at radius 1 is 1.18 bits per heavy atom. The summed E-state index contributed by atoms with van der Waals surface area (Å²) >= 11 is 5.68. The van der Waals surface area contributed by atoms with Crippen LogP contribution < -0.4 is 5.32 Å². The van der Waals surface area contributed by atoms with Gasteiger partial charge in [0.05, 0.1) is 11.3 Å². The molecular weight excluding hydrogens is 400 g/mol. The van der Waals surface area contributed by atoms with Gasteiger partial charge in [-0.25, -0.2) is 4.39 Å². The number of likely N-dealkylation sites (tertiary alicyclic amines) is 1. The average molecular weight is 415 g/mol. The Morgan fingerprint density at radius 2 is 1.82 bits per heavy atom. The molecule has 0 spiro atoms. The molecule has 3 rings (SSSR count). The van der Waals surface area contributed by atoms with Gasteiger partial charge in [0.1, 0.15) is 11.7 Å². The SMILES string of the molecule is CN1C[C@@H](c2ccc(C(F)(F)F)cc2)[C@H](C(=O)Nc2ccc(Cl)cc2F)C1=O. The van der Waals surface area contributed by atoms with Crippen molar-refractivity contribution < 1.29 is 27.2 Å². The maximum absolute atomic E-state index is 13.9. The van der Waals surface area contributed by atoms with Crippen molar-refractivity contribution in [1.29, 1.82) is 0 Å². The first-order chi connectivity index (χ1) is 13.1. The molecule has 148 valence electrons. The number of nitrogens with one attached hydrogen (secondary N) is 1. The quantitative estimate of drug-likeness (QED) is 0.601. The highest BCUT2D eigenvalue weighted by molar-refractivity contribution is 6.30. The van der Waals surface area contributed by atoms with Crippen molar-refractivity contribution in [2.24, 2.45) is 5.92 Å². The lowest BCUT2D eigenvalue weighted by Gasteiger charge is -2.18. The Balaban J connectivity index is 1.87. The zero-order chi connectivity index (χ0) is 20.6. The van der Waals surface area contributed by atoms with E-state index in [0.29, 0.717) is 5.56 Å². The van der Waals surface area contributed by atoms with Crippen molar-refractivity contribution in [3.63, 3.8) is 0 Å². The third-order valence-electron chi connectivity index (χ3n) is 4.65. The largest absolute Gasteiger partial charge is 0.416 e. The van der Waals surface area contributed by atoms with Crippen molar-refractivity contribution in [1.82, 2.24) is 4.90 Å². The topological polar surface area (TPSA) is 49.4 Å². The van der Waals surface area contributed by atoms with Gasteiger partial charge >= 0.3 is 6.18 Å². The lowest BCUT2D eigenvalue weighted by Crippen LogP contribution is -2.33. The number of nitrogens with zero attached hydrogens (tertiary/aromatic N) is 1. The summed E-state index contributed by atoms with van der Waals surface area (Å²) in [5.41, 5.74) is -0.538. The van der Waals surface area contributed by atoms with E-state index in [1.165, 1.54) is 36.2 Å². The number of rotatable bonds is 3. The van der Waals surface area contributed by atoms with Crippen molar-refractivity contribution in [3.05, 3.63) is 64.4 Å². The third-order valence-corrected chi connectivity index (χ3v) is 4.89. The number of carbonyl (C=O) groups is 2. The van der Waals surface area contributed by atoms with Gasteiger partial charge in [0.2, 0.25) is 11.8 Å². The smallest absolute Gasteiger partial charge is 0.344 e. The Morgan fingerprint density at radius 3 is 2.39 bits per heavy atom. The molecule has 1 fully saturated rings. The van der Waals surface area contributed by atoms with E-state index in [9.17, 15) is 27.2 Å². The molecule has 0 bridgehead atoms. The number of likely N-dealkylation sites (N-methyl/N-ethyl adjacent to an activating group) is 1. The molecule has 1 saturated heterocycles. The summed E-state index contributed by atoms with van der Waals surface area (Å²) in [6, 6.07) is 8.00. The van der Waals surface area contributed by atoms with Crippen LogP contribution in [0.3, 0.4) is 0 Å². The van der Waals surface area contributed by atoms with Gasteiger partial charge in [0.15, 0.2) is 0 Å². The fraction of sp³-hybridized carbons (Fsp3) is 0.263. The molecule has 0 aliphatic carbocycles. The van der Waals surface area contributed by atoms with Crippen LogP contribution in [-0.4, -0.2) is 30.3 Å². The van der Waals surface area contributed by atoms with E-state index < -0.39 is 41.2 Å². The van der Waals surface area contributed by atoms with Crippen molar-refractivity contribution in [2.45, 2.75) is 12.1 Å². The number of amides is 2. The molecular formula is C19H15ClF4N2O2. The van der Waals surface area contributed by atoms with Crippen LogP contribution in [0.5, 0.6) is 0 Å². The molecule has 4 nitrogen and oxygen atoms in total. The van der Waals surface area contributed by atoms with Gasteiger partial charge in [-0.05, 0) is 35.9 Å². The van der Waals surface area contributed by atoms with E-state index in [-0.39, 0.29) is 17.3 Å². The van der Waals surface area contributed by atoms with Gasteiger partial charge in [0.25, 0.3) is 0 Å². The Bertz CT molecular complexity index is 915. The van der Waals surface area contributed by atoms with E-state index >= 15 is 0 Å². The maximum Gasteiger partial charge on any atom is 0.416 e. The van der Waals surface area contributed by atoms with Crippen molar-refractivity contribution >= 4 is 29.1 Å². The highest BCUT2D eigenvalue weighted by Gasteiger charge is 2.44. The standard InChI is InChI=1S/C19H15ClF4N2O2/c1-26-9-13(10-2-4-11(5-3-10)19(22,23)24)16(18(26)28)17(27)25-15-7-6-12(20)8-14(15)21/h2-8,13,16H,9H2,1H3,(H,25,27)/t13-,16+/m0/s1. The first kappa shape index (κ1) is 20.1. The Kier molecular flexibility index (Phi) is 5.34. The van der Waals surface area contributed by atoms with Crippen molar-refractivity contribution in [3.8, 4) is 0 Å². The molecule has 1 heterocycles. The lowest BCUT2D eigenvalue weighted by atomic mass is 9.87. The summed E-state index contributed by atoms with van der Waals surface area (Å²) in [7, 11) is 1.50. The van der Waals surface area contributed by atoms with E-state index in [1.54, 1.807) is 0 Å². The van der Waals surface area contributed by atoms with E-state index in [4.69, 9.17) is 11.6 Å². The van der Waals surface area contributed by atoms with Crippen LogP contribution in [0.1, 0.15) is 17.0 Å². The van der Waals surface area contributed by atoms with Gasteiger partial charge in [-0.2, -0.15) is 13.2 Å². The molecule has 0 saturated carbocycles. The van der Waals surface area contributed by atoms with Crippen LogP contribution in [0, 0.1) is 11.7 Å². The number of carbonyl (C=O) groups excluding carboxylic acids is 2. The molecule has 0 radical (unpaired) electrons. The van der Waals surface area contributed by atoms with E-state index in [0.717, 1.165) is 18.2 Å². The fourth-order valence-electron chi connectivity index (χ4n) is 3.21. The van der Waals surface area contributed by atoms with Gasteiger partial charge in [-0.3, -0.25) is 9.59 Å². The summed E-state index contributed by atoms with van der Waals surface area (Å²) in [5.74, 6) is -3.82. The van der Waals surface area contributed by atoms with E-state index in [1.807, 2.05) is 0 Å². The highest BCUT2D eigenvalue weighted by atomic mass is 35.5. The van der Waals surface area contributed by atoms with Gasteiger partial charge < -0.3 is 10.2 Å². The lowest BCUT2D eigenvalue weighted by molar-refractivity contribution is -0.138. The van der Waals surface area contributed by atoms with E-state index in [2.05, 4.69) is 5.32 Å². The number of anilines is 1.